The van der Waals surface area contributed by atoms with Crippen molar-refractivity contribution in [2.75, 3.05) is 26.4 Å². The van der Waals surface area contributed by atoms with Crippen LogP contribution in [0.15, 0.2) is 30.3 Å². The van der Waals surface area contributed by atoms with Gasteiger partial charge in [0.1, 0.15) is 6.10 Å². The molecule has 2 rings (SSSR count). The molecule has 1 amide bonds. The highest BCUT2D eigenvalue weighted by molar-refractivity contribution is 5.94. The predicted molar refractivity (Wildman–Crippen MR) is 68.6 cm³/mol. The summed E-state index contributed by atoms with van der Waals surface area (Å²) in [6, 6.07) is 9.26. The average Bonchev–Trinajstić information content (AvgIpc) is 3.22. The number of carbonyl (C=O) groups is 1. The first-order valence-corrected chi connectivity index (χ1v) is 6.39. The van der Waals surface area contributed by atoms with Gasteiger partial charge < -0.3 is 14.8 Å². The molecule has 0 saturated carbocycles. The van der Waals surface area contributed by atoms with Crippen molar-refractivity contribution in [2.45, 2.75) is 18.9 Å². The van der Waals surface area contributed by atoms with Crippen molar-refractivity contribution < 1.29 is 14.3 Å². The lowest BCUT2D eigenvalue weighted by Crippen LogP contribution is -2.24. The monoisotopic (exact) mass is 249 g/mol. The molecule has 4 heteroatoms. The lowest BCUT2D eigenvalue weighted by molar-refractivity contribution is 0.0945. The molecule has 1 saturated heterocycles. The quantitative estimate of drug-likeness (QED) is 0.562. The van der Waals surface area contributed by atoms with Gasteiger partial charge in [-0.2, -0.15) is 0 Å². The SMILES string of the molecule is O=C(NCCCCOCC1CO1)c1ccccc1. The molecule has 0 aromatic heterocycles. The van der Waals surface area contributed by atoms with E-state index in [2.05, 4.69) is 5.32 Å². The fourth-order valence-corrected chi connectivity index (χ4v) is 1.60. The van der Waals surface area contributed by atoms with Crippen molar-refractivity contribution in [3.05, 3.63) is 35.9 Å². The molecular weight excluding hydrogens is 230 g/mol. The third-order valence-electron chi connectivity index (χ3n) is 2.74. The Balaban J connectivity index is 1.48. The van der Waals surface area contributed by atoms with Crippen molar-refractivity contribution in [3.8, 4) is 0 Å². The summed E-state index contributed by atoms with van der Waals surface area (Å²) in [5, 5.41) is 2.89. The Morgan fingerprint density at radius 1 is 1.33 bits per heavy atom. The Hall–Kier alpha value is -1.39. The summed E-state index contributed by atoms with van der Waals surface area (Å²) in [4.78, 5) is 11.7. The first-order chi connectivity index (χ1) is 8.86. The van der Waals surface area contributed by atoms with Gasteiger partial charge in [-0.3, -0.25) is 4.79 Å². The molecule has 1 aliphatic rings. The van der Waals surface area contributed by atoms with E-state index in [4.69, 9.17) is 9.47 Å². The van der Waals surface area contributed by atoms with Gasteiger partial charge in [0.15, 0.2) is 0 Å². The molecule has 1 aliphatic heterocycles. The van der Waals surface area contributed by atoms with Crippen LogP contribution < -0.4 is 5.32 Å². The van der Waals surface area contributed by atoms with E-state index in [0.29, 0.717) is 24.8 Å². The molecule has 1 aromatic rings. The molecule has 98 valence electrons. The molecule has 1 N–H and O–H groups in total. The number of benzene rings is 1. The number of rotatable bonds is 8. The zero-order chi connectivity index (χ0) is 12.6. The first kappa shape index (κ1) is 13.1. The van der Waals surface area contributed by atoms with Gasteiger partial charge in [-0.05, 0) is 25.0 Å². The van der Waals surface area contributed by atoms with Gasteiger partial charge in [0, 0.05) is 18.7 Å². The third kappa shape index (κ3) is 4.85. The molecule has 0 bridgehead atoms. The van der Waals surface area contributed by atoms with Crippen molar-refractivity contribution in [3.63, 3.8) is 0 Å². The van der Waals surface area contributed by atoms with Gasteiger partial charge in [0.25, 0.3) is 5.91 Å². The van der Waals surface area contributed by atoms with Crippen LogP contribution in [0.1, 0.15) is 23.2 Å². The predicted octanol–water partition coefficient (Wildman–Crippen LogP) is 1.61. The number of hydrogen-bond donors (Lipinski definition) is 1. The number of ether oxygens (including phenoxy) is 2. The van der Waals surface area contributed by atoms with Crippen LogP contribution in [0.3, 0.4) is 0 Å². The summed E-state index contributed by atoms with van der Waals surface area (Å²) >= 11 is 0. The summed E-state index contributed by atoms with van der Waals surface area (Å²) in [5.74, 6) is -0.0112. The van der Waals surface area contributed by atoms with Crippen molar-refractivity contribution in [1.82, 2.24) is 5.32 Å². The summed E-state index contributed by atoms with van der Waals surface area (Å²) < 4.78 is 10.4. The third-order valence-corrected chi connectivity index (χ3v) is 2.74. The molecule has 0 spiro atoms. The van der Waals surface area contributed by atoms with Crippen LogP contribution >= 0.6 is 0 Å². The molecule has 18 heavy (non-hydrogen) atoms. The number of hydrogen-bond acceptors (Lipinski definition) is 3. The van der Waals surface area contributed by atoms with Crippen LogP contribution in [0.2, 0.25) is 0 Å². The van der Waals surface area contributed by atoms with Crippen molar-refractivity contribution in [1.29, 1.82) is 0 Å². The smallest absolute Gasteiger partial charge is 0.251 e. The highest BCUT2D eigenvalue weighted by Crippen LogP contribution is 2.08. The van der Waals surface area contributed by atoms with Gasteiger partial charge in [0.2, 0.25) is 0 Å². The highest BCUT2D eigenvalue weighted by atomic mass is 16.6. The van der Waals surface area contributed by atoms with Crippen LogP contribution in [-0.2, 0) is 9.47 Å². The second-order valence-corrected chi connectivity index (χ2v) is 4.36. The summed E-state index contributed by atoms with van der Waals surface area (Å²) in [7, 11) is 0. The van der Waals surface area contributed by atoms with E-state index in [9.17, 15) is 4.79 Å². The molecule has 4 nitrogen and oxygen atoms in total. The maximum absolute atomic E-state index is 11.7. The molecule has 1 heterocycles. The minimum atomic E-state index is -0.0112. The molecule has 1 unspecified atom stereocenters. The van der Waals surface area contributed by atoms with Gasteiger partial charge in [-0.25, -0.2) is 0 Å². The lowest BCUT2D eigenvalue weighted by Gasteiger charge is -2.05. The Morgan fingerprint density at radius 2 is 2.11 bits per heavy atom. The van der Waals surface area contributed by atoms with E-state index >= 15 is 0 Å². The number of amides is 1. The molecule has 1 atom stereocenters. The van der Waals surface area contributed by atoms with Crippen molar-refractivity contribution >= 4 is 5.91 Å². The van der Waals surface area contributed by atoms with Crippen LogP contribution in [0.4, 0.5) is 0 Å². The van der Waals surface area contributed by atoms with Gasteiger partial charge in [-0.15, -0.1) is 0 Å². The maximum Gasteiger partial charge on any atom is 0.251 e. The number of nitrogens with one attached hydrogen (secondary N) is 1. The normalized spacial score (nSPS) is 17.4. The molecule has 0 aliphatic carbocycles. The van der Waals surface area contributed by atoms with E-state index in [1.54, 1.807) is 0 Å². The van der Waals surface area contributed by atoms with E-state index < -0.39 is 0 Å². The molecule has 0 radical (unpaired) electrons. The second-order valence-electron chi connectivity index (χ2n) is 4.36. The number of epoxide rings is 1. The summed E-state index contributed by atoms with van der Waals surface area (Å²) in [5.41, 5.74) is 0.708. The first-order valence-electron chi connectivity index (χ1n) is 6.39. The Morgan fingerprint density at radius 3 is 2.83 bits per heavy atom. The molecule has 1 fully saturated rings. The Labute approximate surface area is 107 Å². The fraction of sp³-hybridized carbons (Fsp3) is 0.500. The van der Waals surface area contributed by atoms with E-state index in [1.807, 2.05) is 30.3 Å². The van der Waals surface area contributed by atoms with Crippen molar-refractivity contribution in [2.24, 2.45) is 0 Å². The minimum Gasteiger partial charge on any atom is -0.379 e. The fourth-order valence-electron chi connectivity index (χ4n) is 1.60. The number of unbranched alkanes of at least 4 members (excludes halogenated alkanes) is 1. The summed E-state index contributed by atoms with van der Waals surface area (Å²) in [6.07, 6.45) is 2.23. The minimum absolute atomic E-state index is 0.0112. The Kier molecular flexibility index (Phi) is 5.17. The van der Waals surface area contributed by atoms with Crippen LogP contribution in [-0.4, -0.2) is 38.4 Å². The number of carbonyl (C=O) groups excluding carboxylic acids is 1. The molecular formula is C14H19NO3. The van der Waals surface area contributed by atoms with E-state index in [0.717, 1.165) is 26.1 Å². The van der Waals surface area contributed by atoms with E-state index in [-0.39, 0.29) is 5.91 Å². The second kappa shape index (κ2) is 7.13. The van der Waals surface area contributed by atoms with E-state index in [1.165, 1.54) is 0 Å². The average molecular weight is 249 g/mol. The zero-order valence-corrected chi connectivity index (χ0v) is 10.4. The van der Waals surface area contributed by atoms with Gasteiger partial charge in [0.05, 0.1) is 13.2 Å². The largest absolute Gasteiger partial charge is 0.379 e. The van der Waals surface area contributed by atoms with Crippen LogP contribution in [0, 0.1) is 0 Å². The standard InChI is InChI=1S/C14H19NO3/c16-14(12-6-2-1-3-7-12)15-8-4-5-9-17-10-13-11-18-13/h1-3,6-7,13H,4-5,8-11H2,(H,15,16). The Bertz CT molecular complexity index is 363. The lowest BCUT2D eigenvalue weighted by atomic mass is 10.2. The zero-order valence-electron chi connectivity index (χ0n) is 10.4. The van der Waals surface area contributed by atoms with Crippen LogP contribution in [0.5, 0.6) is 0 Å². The summed E-state index contributed by atoms with van der Waals surface area (Å²) in [6.45, 7) is 2.97. The van der Waals surface area contributed by atoms with Gasteiger partial charge >= 0.3 is 0 Å². The topological polar surface area (TPSA) is 50.9 Å². The highest BCUT2D eigenvalue weighted by Gasteiger charge is 2.21. The maximum atomic E-state index is 11.7. The molecule has 1 aromatic carbocycles. The van der Waals surface area contributed by atoms with Gasteiger partial charge in [-0.1, -0.05) is 18.2 Å². The van der Waals surface area contributed by atoms with Crippen LogP contribution in [0.25, 0.3) is 0 Å².